The molecule has 0 radical (unpaired) electrons. The molecule has 1 aromatic heterocycles. The highest BCUT2D eigenvalue weighted by molar-refractivity contribution is 6.24. The second-order valence-electron chi connectivity index (χ2n) is 10.4. The molecule has 0 aliphatic heterocycles. The summed E-state index contributed by atoms with van der Waals surface area (Å²) in [5.74, 6) is -9.77. The molecule has 12 nitrogen and oxygen atoms in total. The molecule has 0 spiro atoms. The summed E-state index contributed by atoms with van der Waals surface area (Å²) in [6.07, 6.45) is 0.859. The molecule has 0 saturated carbocycles. The molecule has 0 fully saturated rings. The van der Waals surface area contributed by atoms with E-state index in [1.165, 1.54) is 4.68 Å². The number of carbonyl (C=O) groups is 4. The number of hydrogen-bond donors (Lipinski definition) is 6. The van der Waals surface area contributed by atoms with E-state index in [4.69, 9.17) is 5.73 Å². The minimum Gasteiger partial charge on any atom is -0.511 e. The molecule has 13 heteroatoms. The molecule has 3 aromatic rings. The Kier molecular flexibility index (Phi) is 5.75. The number of amides is 2. The normalized spacial score (nSPS) is 23.8. The predicted octanol–water partition coefficient (Wildman–Crippen LogP) is 1.71. The number of halogens is 1. The molecule has 0 bridgehead atoms. The number of primary amides is 1. The summed E-state index contributed by atoms with van der Waals surface area (Å²) < 4.78 is 16.7. The van der Waals surface area contributed by atoms with Crippen LogP contribution in [0.4, 0.5) is 10.1 Å². The number of nitrogens with two attached hydrogens (primary N) is 1. The molecule has 7 N–H and O–H groups in total. The number of aromatic nitrogens is 2. The number of aliphatic hydroxyl groups excluding tert-OH is 2. The van der Waals surface area contributed by atoms with E-state index in [0.717, 1.165) is 11.5 Å². The summed E-state index contributed by atoms with van der Waals surface area (Å²) in [5, 5.41) is 50.9. The highest BCUT2D eigenvalue weighted by Gasteiger charge is 2.59. The number of allylic oxidation sites excluding steroid dienone is 2. The molecule has 41 heavy (non-hydrogen) atoms. The van der Waals surface area contributed by atoms with Crippen molar-refractivity contribution < 1.29 is 44.0 Å². The summed E-state index contributed by atoms with van der Waals surface area (Å²) in [5.41, 5.74) is 0.688. The smallest absolute Gasteiger partial charge is 0.255 e. The van der Waals surface area contributed by atoms with Gasteiger partial charge in [0.1, 0.15) is 29.5 Å². The molecule has 3 atom stereocenters. The van der Waals surface area contributed by atoms with Gasteiger partial charge in [-0.1, -0.05) is 18.2 Å². The third-order valence-electron chi connectivity index (χ3n) is 8.13. The van der Waals surface area contributed by atoms with Gasteiger partial charge in [-0.15, -0.1) is 0 Å². The average molecular weight is 563 g/mol. The first kappa shape index (κ1) is 26.2. The van der Waals surface area contributed by atoms with Crippen LogP contribution in [-0.2, 0) is 27.3 Å². The Hall–Kier alpha value is -5.04. The maximum atomic E-state index is 15.3. The van der Waals surface area contributed by atoms with E-state index < -0.39 is 86.3 Å². The van der Waals surface area contributed by atoms with E-state index >= 15 is 4.39 Å². The van der Waals surface area contributed by atoms with Crippen LogP contribution in [0.3, 0.4) is 0 Å². The number of aliphatic hydroxyl groups is 3. The largest absolute Gasteiger partial charge is 0.511 e. The number of nitrogens with zero attached hydrogens (tertiary/aromatic N) is 2. The first-order valence-corrected chi connectivity index (χ1v) is 12.7. The van der Waals surface area contributed by atoms with E-state index in [1.54, 1.807) is 18.3 Å². The molecule has 3 aliphatic rings. The number of anilines is 1. The number of hydrogen-bond acceptors (Lipinski definition) is 9. The fourth-order valence-electron chi connectivity index (χ4n) is 6.21. The van der Waals surface area contributed by atoms with Crippen molar-refractivity contribution in [2.24, 2.45) is 17.6 Å². The highest BCUT2D eigenvalue weighted by atomic mass is 19.1. The molecule has 2 amide bonds. The Bertz CT molecular complexity index is 1790. The molecule has 1 unspecified atom stereocenters. The van der Waals surface area contributed by atoms with Crippen molar-refractivity contribution >= 4 is 40.0 Å². The van der Waals surface area contributed by atoms with Crippen LogP contribution in [-0.4, -0.2) is 59.2 Å². The van der Waals surface area contributed by atoms with Gasteiger partial charge < -0.3 is 31.5 Å². The third-order valence-corrected chi connectivity index (χ3v) is 8.13. The summed E-state index contributed by atoms with van der Waals surface area (Å²) in [6, 6.07) is 8.02. The number of rotatable bonds is 4. The van der Waals surface area contributed by atoms with Crippen LogP contribution in [0.15, 0.2) is 59.2 Å². The number of ketones is 2. The molecule has 3 aliphatic carbocycles. The van der Waals surface area contributed by atoms with Crippen molar-refractivity contribution in [2.45, 2.75) is 31.4 Å². The Morgan fingerprint density at radius 3 is 2.63 bits per heavy atom. The standard InChI is InChI=1S/C28H23FN4O8/c29-15-8-16(32-19(35)10-33-17-4-2-1-3-11(17)9-31-33)23(36)21-14(15)6-12-5-13-7-18(34)22(27(30)40)26(39)28(13,41)25(38)20(12)24(21)37/h1-4,8-9,12-13,34,36,38,41H,5-7,10H2,(H2,30,40)(H,32,35)/t12?,13-,28-/m0/s1. The average Bonchev–Trinajstić information content (AvgIpc) is 3.31. The lowest BCUT2D eigenvalue weighted by Crippen LogP contribution is -2.57. The topological polar surface area (TPSA) is 205 Å². The minimum atomic E-state index is -2.73. The highest BCUT2D eigenvalue weighted by Crippen LogP contribution is 2.52. The summed E-state index contributed by atoms with van der Waals surface area (Å²) in [6.45, 7) is -0.285. The van der Waals surface area contributed by atoms with E-state index in [0.29, 0.717) is 5.52 Å². The van der Waals surface area contributed by atoms with E-state index in [-0.39, 0.29) is 31.4 Å². The zero-order valence-corrected chi connectivity index (χ0v) is 21.2. The number of Topliss-reactive ketones (excluding diaryl/α,β-unsaturated/α-hetero) is 2. The van der Waals surface area contributed by atoms with E-state index in [2.05, 4.69) is 10.4 Å². The molecule has 0 saturated heterocycles. The first-order valence-electron chi connectivity index (χ1n) is 12.7. The van der Waals surface area contributed by atoms with Gasteiger partial charge in [0.2, 0.25) is 11.7 Å². The van der Waals surface area contributed by atoms with Gasteiger partial charge in [-0.25, -0.2) is 4.39 Å². The van der Waals surface area contributed by atoms with Crippen molar-refractivity contribution in [1.29, 1.82) is 0 Å². The number of nitrogens with one attached hydrogen (secondary N) is 1. The van der Waals surface area contributed by atoms with Crippen molar-refractivity contribution in [3.8, 4) is 5.75 Å². The number of fused-ring (bicyclic) bond motifs is 4. The molecular formula is C28H23FN4O8. The van der Waals surface area contributed by atoms with Gasteiger partial charge in [-0.05, 0) is 24.8 Å². The lowest BCUT2D eigenvalue weighted by Gasteiger charge is -2.45. The monoisotopic (exact) mass is 562 g/mol. The van der Waals surface area contributed by atoms with Gasteiger partial charge in [0, 0.05) is 34.9 Å². The zero-order chi connectivity index (χ0) is 29.4. The van der Waals surface area contributed by atoms with Crippen LogP contribution in [0.25, 0.3) is 10.9 Å². The van der Waals surface area contributed by atoms with Gasteiger partial charge in [0.05, 0.1) is 23.0 Å². The lowest BCUT2D eigenvalue weighted by molar-refractivity contribution is -0.144. The van der Waals surface area contributed by atoms with Gasteiger partial charge in [0.15, 0.2) is 17.1 Å². The van der Waals surface area contributed by atoms with Crippen LogP contribution in [0, 0.1) is 17.7 Å². The van der Waals surface area contributed by atoms with Crippen molar-refractivity contribution in [2.75, 3.05) is 5.32 Å². The van der Waals surface area contributed by atoms with Crippen molar-refractivity contribution in [3.63, 3.8) is 0 Å². The van der Waals surface area contributed by atoms with Crippen molar-refractivity contribution in [1.82, 2.24) is 9.78 Å². The summed E-state index contributed by atoms with van der Waals surface area (Å²) in [4.78, 5) is 51.2. The lowest BCUT2D eigenvalue weighted by atomic mass is 9.60. The van der Waals surface area contributed by atoms with Gasteiger partial charge >= 0.3 is 0 Å². The Labute approximate surface area is 230 Å². The van der Waals surface area contributed by atoms with Crippen LogP contribution in [0.1, 0.15) is 28.8 Å². The molecule has 210 valence electrons. The third kappa shape index (κ3) is 3.73. The second-order valence-corrected chi connectivity index (χ2v) is 10.4. The van der Waals surface area contributed by atoms with E-state index in [9.17, 15) is 39.6 Å². The van der Waals surface area contributed by atoms with Gasteiger partial charge in [0.25, 0.3) is 5.91 Å². The van der Waals surface area contributed by atoms with E-state index in [1.807, 2.05) is 12.1 Å². The SMILES string of the molecule is NC(=O)C1=C(O)C[C@@H]2CC3Cc4c(F)cc(NC(=O)Cn5ncc6ccccc65)c(O)c4C(=O)C3=C(O)[C@]2(O)C1=O. The first-order chi connectivity index (χ1) is 19.4. The van der Waals surface area contributed by atoms with Gasteiger partial charge in [-0.2, -0.15) is 5.10 Å². The fourth-order valence-corrected chi connectivity index (χ4v) is 6.21. The quantitative estimate of drug-likeness (QED) is 0.202. The summed E-state index contributed by atoms with van der Waals surface area (Å²) in [7, 11) is 0. The zero-order valence-electron chi connectivity index (χ0n) is 21.2. The number of para-hydroxylation sites is 1. The number of aromatic hydroxyl groups is 1. The Balaban J connectivity index is 1.36. The summed E-state index contributed by atoms with van der Waals surface area (Å²) >= 11 is 0. The number of phenols is 1. The number of carbonyl (C=O) groups excluding carboxylic acids is 4. The number of benzene rings is 2. The Morgan fingerprint density at radius 1 is 1.17 bits per heavy atom. The maximum Gasteiger partial charge on any atom is 0.255 e. The van der Waals surface area contributed by atoms with Crippen LogP contribution in [0.2, 0.25) is 0 Å². The van der Waals surface area contributed by atoms with Crippen molar-refractivity contribution in [3.05, 3.63) is 76.1 Å². The second kappa shape index (κ2) is 8.99. The molecule has 6 rings (SSSR count). The molecule has 2 aromatic carbocycles. The minimum absolute atomic E-state index is 0.126. The van der Waals surface area contributed by atoms with Gasteiger partial charge in [-0.3, -0.25) is 23.9 Å². The van der Waals surface area contributed by atoms with Crippen LogP contribution in [0.5, 0.6) is 5.75 Å². The van der Waals surface area contributed by atoms with Crippen LogP contribution < -0.4 is 11.1 Å². The molecule has 1 heterocycles. The van der Waals surface area contributed by atoms with Crippen LogP contribution >= 0.6 is 0 Å². The Morgan fingerprint density at radius 2 is 1.90 bits per heavy atom. The molecular weight excluding hydrogens is 539 g/mol. The number of phenolic OH excluding ortho intramolecular Hbond substituents is 1. The maximum absolute atomic E-state index is 15.3. The fraction of sp³-hybridized carbons (Fsp3) is 0.250. The predicted molar refractivity (Wildman–Crippen MR) is 139 cm³/mol.